The van der Waals surface area contributed by atoms with Crippen LogP contribution in [0.25, 0.3) is 0 Å². The van der Waals surface area contributed by atoms with Gasteiger partial charge in [-0.3, -0.25) is 4.99 Å². The van der Waals surface area contributed by atoms with Gasteiger partial charge in [0.15, 0.2) is 5.17 Å². The summed E-state index contributed by atoms with van der Waals surface area (Å²) in [5.74, 6) is 2.32. The van der Waals surface area contributed by atoms with Crippen LogP contribution in [0.3, 0.4) is 0 Å². The van der Waals surface area contributed by atoms with Crippen LogP contribution in [0.4, 0.5) is 0 Å². The number of thioether (sulfide) groups is 1. The zero-order valence-electron chi connectivity index (χ0n) is 11.4. The first kappa shape index (κ1) is 12.8. The van der Waals surface area contributed by atoms with E-state index in [4.69, 9.17) is 4.99 Å². The van der Waals surface area contributed by atoms with E-state index in [1.807, 2.05) is 11.8 Å². The Bertz CT molecular complexity index is 304. The standard InChI is InChI=1S/C15H26N2S/c1-2-8-15(9-3-1)11-17-14(18-12-15)16-10-7-13-5-4-6-13/h13H,1-12H2,(H,16,17). The van der Waals surface area contributed by atoms with E-state index in [0.717, 1.165) is 19.0 Å². The number of hydrogen-bond acceptors (Lipinski definition) is 3. The molecule has 0 radical (unpaired) electrons. The molecule has 102 valence electrons. The van der Waals surface area contributed by atoms with Crippen LogP contribution in [0.2, 0.25) is 0 Å². The molecule has 2 nitrogen and oxygen atoms in total. The van der Waals surface area contributed by atoms with Gasteiger partial charge in [-0.25, -0.2) is 0 Å². The van der Waals surface area contributed by atoms with Crippen molar-refractivity contribution < 1.29 is 0 Å². The van der Waals surface area contributed by atoms with Crippen molar-refractivity contribution in [1.82, 2.24) is 5.32 Å². The zero-order valence-corrected chi connectivity index (χ0v) is 12.2. The van der Waals surface area contributed by atoms with Gasteiger partial charge < -0.3 is 5.32 Å². The van der Waals surface area contributed by atoms with Crippen LogP contribution in [0.15, 0.2) is 4.99 Å². The second-order valence-corrected chi connectivity index (χ2v) is 7.45. The largest absolute Gasteiger partial charge is 0.365 e. The van der Waals surface area contributed by atoms with Gasteiger partial charge in [0.25, 0.3) is 0 Å². The molecule has 3 heteroatoms. The molecule has 0 saturated heterocycles. The smallest absolute Gasteiger partial charge is 0.156 e. The van der Waals surface area contributed by atoms with Gasteiger partial charge in [-0.05, 0) is 30.6 Å². The molecule has 1 aliphatic heterocycles. The van der Waals surface area contributed by atoms with Crippen molar-refractivity contribution >= 4 is 16.9 Å². The molecule has 1 N–H and O–H groups in total. The maximum atomic E-state index is 4.82. The van der Waals surface area contributed by atoms with Crippen molar-refractivity contribution in [1.29, 1.82) is 0 Å². The van der Waals surface area contributed by atoms with E-state index in [1.165, 1.54) is 68.7 Å². The molecule has 0 unspecified atom stereocenters. The van der Waals surface area contributed by atoms with Crippen molar-refractivity contribution in [2.24, 2.45) is 16.3 Å². The SMILES string of the molecule is C1CCC2(CC1)CN=C(NCCC1CCC1)SC2. The Balaban J connectivity index is 1.41. The lowest BCUT2D eigenvalue weighted by molar-refractivity contribution is 0.232. The third-order valence-corrected chi connectivity index (χ3v) is 6.34. The van der Waals surface area contributed by atoms with E-state index in [1.54, 1.807) is 0 Å². The number of amidine groups is 1. The Hall–Kier alpha value is -0.180. The molecule has 0 aromatic heterocycles. The zero-order chi connectivity index (χ0) is 12.3. The van der Waals surface area contributed by atoms with Gasteiger partial charge in [-0.2, -0.15) is 0 Å². The van der Waals surface area contributed by atoms with Crippen molar-refractivity contribution in [2.45, 2.75) is 57.8 Å². The molecule has 3 aliphatic rings. The topological polar surface area (TPSA) is 24.4 Å². The molecule has 1 spiro atoms. The van der Waals surface area contributed by atoms with E-state index in [9.17, 15) is 0 Å². The van der Waals surface area contributed by atoms with E-state index in [0.29, 0.717) is 5.41 Å². The molecule has 0 amide bonds. The monoisotopic (exact) mass is 266 g/mol. The average molecular weight is 266 g/mol. The number of rotatable bonds is 3. The van der Waals surface area contributed by atoms with Crippen LogP contribution in [-0.2, 0) is 0 Å². The fourth-order valence-corrected chi connectivity index (χ4v) is 4.61. The third-order valence-electron chi connectivity index (χ3n) is 5.04. The molecule has 0 atom stereocenters. The van der Waals surface area contributed by atoms with E-state index in [2.05, 4.69) is 5.32 Å². The fraction of sp³-hybridized carbons (Fsp3) is 0.933. The van der Waals surface area contributed by atoms with Crippen LogP contribution in [0, 0.1) is 11.3 Å². The van der Waals surface area contributed by atoms with Gasteiger partial charge in [0.2, 0.25) is 0 Å². The molecule has 2 saturated carbocycles. The van der Waals surface area contributed by atoms with Crippen LogP contribution in [0.1, 0.15) is 57.8 Å². The molecule has 18 heavy (non-hydrogen) atoms. The third kappa shape index (κ3) is 3.04. The number of nitrogens with zero attached hydrogens (tertiary/aromatic N) is 1. The highest BCUT2D eigenvalue weighted by Gasteiger charge is 2.34. The molecule has 2 fully saturated rings. The average Bonchev–Trinajstić information content (AvgIpc) is 2.36. The lowest BCUT2D eigenvalue weighted by atomic mass is 9.75. The summed E-state index contributed by atoms with van der Waals surface area (Å²) >= 11 is 1.98. The quantitative estimate of drug-likeness (QED) is 0.840. The Morgan fingerprint density at radius 1 is 1.17 bits per heavy atom. The Labute approximate surface area is 115 Å². The van der Waals surface area contributed by atoms with Gasteiger partial charge in [0, 0.05) is 18.8 Å². The Morgan fingerprint density at radius 3 is 2.61 bits per heavy atom. The number of nitrogens with one attached hydrogen (secondary N) is 1. The molecular weight excluding hydrogens is 240 g/mol. The second-order valence-electron chi connectivity index (χ2n) is 6.48. The summed E-state index contributed by atoms with van der Waals surface area (Å²) in [4.78, 5) is 4.82. The van der Waals surface area contributed by atoms with Crippen LogP contribution in [-0.4, -0.2) is 24.0 Å². The summed E-state index contributed by atoms with van der Waals surface area (Å²) in [6.07, 6.45) is 12.9. The minimum Gasteiger partial charge on any atom is -0.365 e. The Morgan fingerprint density at radius 2 is 2.00 bits per heavy atom. The van der Waals surface area contributed by atoms with Gasteiger partial charge in [-0.1, -0.05) is 50.3 Å². The maximum absolute atomic E-state index is 4.82. The molecular formula is C15H26N2S. The highest BCUT2D eigenvalue weighted by atomic mass is 32.2. The highest BCUT2D eigenvalue weighted by molar-refractivity contribution is 8.13. The lowest BCUT2D eigenvalue weighted by Gasteiger charge is -2.38. The predicted molar refractivity (Wildman–Crippen MR) is 80.2 cm³/mol. The summed E-state index contributed by atoms with van der Waals surface area (Å²) in [5.41, 5.74) is 0.571. The van der Waals surface area contributed by atoms with Gasteiger partial charge in [0.05, 0.1) is 0 Å². The minimum absolute atomic E-state index is 0.571. The summed E-state index contributed by atoms with van der Waals surface area (Å²) in [6.45, 7) is 2.23. The normalized spacial score (nSPS) is 27.7. The molecule has 1 heterocycles. The second kappa shape index (κ2) is 5.85. The summed E-state index contributed by atoms with van der Waals surface area (Å²) in [6, 6.07) is 0. The Kier molecular flexibility index (Phi) is 4.17. The van der Waals surface area contributed by atoms with Gasteiger partial charge in [-0.15, -0.1) is 0 Å². The maximum Gasteiger partial charge on any atom is 0.156 e. The fourth-order valence-electron chi connectivity index (χ4n) is 3.43. The van der Waals surface area contributed by atoms with Crippen LogP contribution >= 0.6 is 11.8 Å². The van der Waals surface area contributed by atoms with Gasteiger partial charge in [0.1, 0.15) is 0 Å². The van der Waals surface area contributed by atoms with E-state index < -0.39 is 0 Å². The predicted octanol–water partition coefficient (Wildman–Crippen LogP) is 3.82. The van der Waals surface area contributed by atoms with Gasteiger partial charge >= 0.3 is 0 Å². The van der Waals surface area contributed by atoms with E-state index in [-0.39, 0.29) is 0 Å². The minimum atomic E-state index is 0.571. The first-order chi connectivity index (χ1) is 8.86. The van der Waals surface area contributed by atoms with E-state index >= 15 is 0 Å². The first-order valence-electron chi connectivity index (χ1n) is 7.78. The van der Waals surface area contributed by atoms with Crippen molar-refractivity contribution in [3.63, 3.8) is 0 Å². The lowest BCUT2D eigenvalue weighted by Crippen LogP contribution is -2.37. The number of hydrogen-bond donors (Lipinski definition) is 1. The highest BCUT2D eigenvalue weighted by Crippen LogP contribution is 2.41. The first-order valence-corrected chi connectivity index (χ1v) is 8.76. The summed E-state index contributed by atoms with van der Waals surface area (Å²) in [7, 11) is 0. The van der Waals surface area contributed by atoms with Crippen molar-refractivity contribution in [2.75, 3.05) is 18.8 Å². The summed E-state index contributed by atoms with van der Waals surface area (Å²) < 4.78 is 0. The molecule has 2 aliphatic carbocycles. The van der Waals surface area contributed by atoms with Crippen molar-refractivity contribution in [3.8, 4) is 0 Å². The molecule has 0 aromatic rings. The molecule has 0 bridgehead atoms. The summed E-state index contributed by atoms with van der Waals surface area (Å²) in [5, 5.41) is 4.78. The number of aliphatic imine (C=N–C) groups is 1. The van der Waals surface area contributed by atoms with Crippen LogP contribution < -0.4 is 5.32 Å². The molecule has 3 rings (SSSR count). The molecule has 0 aromatic carbocycles. The van der Waals surface area contributed by atoms with Crippen LogP contribution in [0.5, 0.6) is 0 Å². The van der Waals surface area contributed by atoms with Crippen molar-refractivity contribution in [3.05, 3.63) is 0 Å².